The SMILES string of the molecule is C=CC(=O)N1CC2C[C@@H]2C1.N/C(=C\c1cc[nH]c1N)c1ccccc1O. The van der Waals surface area contributed by atoms with Gasteiger partial charge in [-0.15, -0.1) is 0 Å². The molecule has 2 fully saturated rings. The minimum atomic E-state index is 0.104. The van der Waals surface area contributed by atoms with Gasteiger partial charge in [-0.3, -0.25) is 4.79 Å². The van der Waals surface area contributed by atoms with Crippen LogP contribution < -0.4 is 11.5 Å². The molecule has 2 atom stereocenters. The summed E-state index contributed by atoms with van der Waals surface area (Å²) in [5, 5.41) is 9.62. The Morgan fingerprint density at radius 2 is 1.96 bits per heavy atom. The summed E-state index contributed by atoms with van der Waals surface area (Å²) in [5.41, 5.74) is 13.5. The van der Waals surface area contributed by atoms with Gasteiger partial charge < -0.3 is 26.5 Å². The summed E-state index contributed by atoms with van der Waals surface area (Å²) in [5.74, 6) is 2.49. The van der Waals surface area contributed by atoms with E-state index < -0.39 is 0 Å². The number of carbonyl (C=O) groups is 1. The number of hydrogen-bond acceptors (Lipinski definition) is 4. The highest BCUT2D eigenvalue weighted by atomic mass is 16.3. The normalized spacial score (nSPS) is 20.8. The second-order valence-corrected chi connectivity index (χ2v) is 6.67. The van der Waals surface area contributed by atoms with Gasteiger partial charge in [0, 0.05) is 36.1 Å². The third-order valence-corrected chi connectivity index (χ3v) is 4.80. The first kappa shape index (κ1) is 17.7. The number of H-pyrrole nitrogens is 1. The van der Waals surface area contributed by atoms with Crippen LogP contribution in [-0.2, 0) is 4.79 Å². The van der Waals surface area contributed by atoms with Crippen molar-refractivity contribution in [3.05, 3.63) is 60.3 Å². The third-order valence-electron chi connectivity index (χ3n) is 4.80. The van der Waals surface area contributed by atoms with Gasteiger partial charge in [-0.25, -0.2) is 0 Å². The zero-order chi connectivity index (χ0) is 18.7. The molecule has 0 bridgehead atoms. The van der Waals surface area contributed by atoms with Crippen molar-refractivity contribution in [2.24, 2.45) is 17.6 Å². The summed E-state index contributed by atoms with van der Waals surface area (Å²) in [6.07, 6.45) is 6.21. The van der Waals surface area contributed by atoms with Gasteiger partial charge in [0.05, 0.1) is 0 Å². The number of hydrogen-bond donors (Lipinski definition) is 4. The number of benzene rings is 1. The van der Waals surface area contributed by atoms with Crippen LogP contribution in [0.25, 0.3) is 11.8 Å². The van der Waals surface area contributed by atoms with Crippen LogP contribution in [-0.4, -0.2) is 34.0 Å². The molecule has 1 unspecified atom stereocenters. The molecule has 6 N–H and O–H groups in total. The van der Waals surface area contributed by atoms with Crippen molar-refractivity contribution in [1.29, 1.82) is 0 Å². The van der Waals surface area contributed by atoms with Crippen LogP contribution in [0, 0.1) is 11.8 Å². The number of amides is 1. The van der Waals surface area contributed by atoms with Gasteiger partial charge >= 0.3 is 0 Å². The number of nitrogens with two attached hydrogens (primary N) is 2. The van der Waals surface area contributed by atoms with E-state index in [2.05, 4.69) is 11.6 Å². The zero-order valence-electron chi connectivity index (χ0n) is 14.6. The number of carbonyl (C=O) groups excluding carboxylic acids is 1. The molecule has 1 amide bonds. The molecule has 2 aromatic rings. The van der Waals surface area contributed by atoms with E-state index in [1.54, 1.807) is 30.5 Å². The van der Waals surface area contributed by atoms with Gasteiger partial charge in [0.2, 0.25) is 5.91 Å². The highest BCUT2D eigenvalue weighted by Gasteiger charge is 2.45. The highest BCUT2D eigenvalue weighted by molar-refractivity contribution is 5.87. The number of fused-ring (bicyclic) bond motifs is 1. The Kier molecular flexibility index (Phi) is 5.02. The van der Waals surface area contributed by atoms with Crippen molar-refractivity contribution in [1.82, 2.24) is 9.88 Å². The maximum absolute atomic E-state index is 11.0. The summed E-state index contributed by atoms with van der Waals surface area (Å²) in [6.45, 7) is 5.42. The van der Waals surface area contributed by atoms with Crippen molar-refractivity contribution < 1.29 is 9.90 Å². The molecule has 1 aromatic heterocycles. The molecule has 0 radical (unpaired) electrons. The van der Waals surface area contributed by atoms with Gasteiger partial charge in [0.1, 0.15) is 11.6 Å². The molecule has 1 aliphatic carbocycles. The second-order valence-electron chi connectivity index (χ2n) is 6.67. The molecule has 6 heteroatoms. The lowest BCUT2D eigenvalue weighted by atomic mass is 10.1. The Morgan fingerprint density at radius 3 is 2.54 bits per heavy atom. The van der Waals surface area contributed by atoms with Crippen molar-refractivity contribution in [3.8, 4) is 5.75 Å². The Hall–Kier alpha value is -3.15. The Labute approximate surface area is 152 Å². The van der Waals surface area contributed by atoms with Crippen LogP contribution in [0.3, 0.4) is 0 Å². The quantitative estimate of drug-likeness (QED) is 0.636. The van der Waals surface area contributed by atoms with E-state index >= 15 is 0 Å². The summed E-state index contributed by atoms with van der Waals surface area (Å²) in [6, 6.07) is 8.73. The lowest BCUT2D eigenvalue weighted by molar-refractivity contribution is -0.125. The van der Waals surface area contributed by atoms with E-state index in [0.29, 0.717) is 17.1 Å². The van der Waals surface area contributed by atoms with E-state index in [-0.39, 0.29) is 11.7 Å². The van der Waals surface area contributed by atoms with E-state index in [1.165, 1.54) is 12.5 Å². The first-order valence-electron chi connectivity index (χ1n) is 8.59. The number of phenols is 1. The molecule has 6 nitrogen and oxygen atoms in total. The highest BCUT2D eigenvalue weighted by Crippen LogP contribution is 2.44. The van der Waals surface area contributed by atoms with Crippen molar-refractivity contribution in [2.45, 2.75) is 6.42 Å². The molecular weight excluding hydrogens is 328 g/mol. The molecule has 26 heavy (non-hydrogen) atoms. The number of aromatic amines is 1. The fourth-order valence-corrected chi connectivity index (χ4v) is 3.19. The number of nitrogen functional groups attached to an aromatic ring is 1. The van der Waals surface area contributed by atoms with Crippen LogP contribution in [0.5, 0.6) is 5.75 Å². The molecular formula is C20H24N4O2. The van der Waals surface area contributed by atoms with E-state index in [4.69, 9.17) is 11.5 Å². The molecule has 4 rings (SSSR count). The summed E-state index contributed by atoms with van der Waals surface area (Å²) in [4.78, 5) is 15.7. The number of anilines is 1. The number of likely N-dealkylation sites (tertiary alicyclic amines) is 1. The molecule has 2 heterocycles. The fraction of sp³-hybridized carbons (Fsp3) is 0.250. The number of nitrogens with zero attached hydrogens (tertiary/aromatic N) is 1. The molecule has 1 aromatic carbocycles. The molecule has 1 aliphatic heterocycles. The average Bonchev–Trinajstić information content (AvgIpc) is 3.04. The van der Waals surface area contributed by atoms with Gasteiger partial charge in [0.25, 0.3) is 0 Å². The largest absolute Gasteiger partial charge is 0.507 e. The van der Waals surface area contributed by atoms with E-state index in [9.17, 15) is 9.90 Å². The summed E-state index contributed by atoms with van der Waals surface area (Å²) >= 11 is 0. The lowest BCUT2D eigenvalue weighted by Crippen LogP contribution is -2.28. The maximum Gasteiger partial charge on any atom is 0.245 e. The monoisotopic (exact) mass is 352 g/mol. The predicted octanol–water partition coefficient (Wildman–Crippen LogP) is 2.41. The Bertz CT molecular complexity index is 830. The third kappa shape index (κ3) is 3.91. The topological polar surface area (TPSA) is 108 Å². The molecule has 1 saturated heterocycles. The second kappa shape index (κ2) is 7.39. The van der Waals surface area contributed by atoms with Crippen LogP contribution >= 0.6 is 0 Å². The van der Waals surface area contributed by atoms with Gasteiger partial charge in [-0.05, 0) is 48.6 Å². The minimum Gasteiger partial charge on any atom is -0.507 e. The first-order valence-corrected chi connectivity index (χ1v) is 8.59. The smallest absolute Gasteiger partial charge is 0.245 e. The first-order chi connectivity index (χ1) is 12.5. The lowest BCUT2D eigenvalue weighted by Gasteiger charge is -2.14. The van der Waals surface area contributed by atoms with Crippen LogP contribution in [0.4, 0.5) is 5.82 Å². The Balaban J connectivity index is 0.000000167. The number of piperidine rings is 1. The number of para-hydroxylation sites is 1. The number of phenolic OH excluding ortho intramolecular Hbond substituents is 1. The van der Waals surface area contributed by atoms with Crippen LogP contribution in [0.1, 0.15) is 17.5 Å². The average molecular weight is 352 g/mol. The zero-order valence-corrected chi connectivity index (χ0v) is 14.6. The number of rotatable bonds is 3. The van der Waals surface area contributed by atoms with Crippen molar-refractivity contribution >= 4 is 23.5 Å². The van der Waals surface area contributed by atoms with Crippen molar-refractivity contribution in [2.75, 3.05) is 18.8 Å². The number of aromatic nitrogens is 1. The van der Waals surface area contributed by atoms with E-state index in [1.807, 2.05) is 17.0 Å². The van der Waals surface area contributed by atoms with Gasteiger partial charge in [-0.1, -0.05) is 18.7 Å². The summed E-state index contributed by atoms with van der Waals surface area (Å²) in [7, 11) is 0. The van der Waals surface area contributed by atoms with Gasteiger partial charge in [-0.2, -0.15) is 0 Å². The van der Waals surface area contributed by atoms with Crippen molar-refractivity contribution in [3.63, 3.8) is 0 Å². The number of aromatic hydroxyl groups is 1. The minimum absolute atomic E-state index is 0.104. The van der Waals surface area contributed by atoms with E-state index in [0.717, 1.165) is 30.5 Å². The van der Waals surface area contributed by atoms with Crippen LogP contribution in [0.2, 0.25) is 0 Å². The fourth-order valence-electron chi connectivity index (χ4n) is 3.19. The Morgan fingerprint density at radius 1 is 1.27 bits per heavy atom. The molecule has 1 saturated carbocycles. The summed E-state index contributed by atoms with van der Waals surface area (Å²) < 4.78 is 0. The predicted molar refractivity (Wildman–Crippen MR) is 104 cm³/mol. The molecule has 2 aliphatic rings. The maximum atomic E-state index is 11.0. The molecule has 136 valence electrons. The standard InChI is InChI=1S/C12H13N3O.C8H11NO/c13-10(7-8-5-6-15-12(8)14)9-3-1-2-4-11(9)16;1-2-8(10)9-4-6-3-7(6)5-9/h1-7,15-16H,13-14H2;2,6-7H,1,3-5H2/b10-7-;/t;6-,7?/m.1/s1. The van der Waals surface area contributed by atoms with Crippen LogP contribution in [0.15, 0.2) is 49.2 Å². The number of nitrogens with one attached hydrogen (secondary N) is 1. The van der Waals surface area contributed by atoms with Gasteiger partial charge in [0.15, 0.2) is 0 Å². The molecule has 0 spiro atoms.